The quantitative estimate of drug-likeness (QED) is 0.396. The number of benzene rings is 3. The van der Waals surface area contributed by atoms with Crippen molar-refractivity contribution in [2.45, 2.75) is 0 Å². The molecule has 0 aliphatic heterocycles. The van der Waals surface area contributed by atoms with Gasteiger partial charge in [0.25, 0.3) is 0 Å². The first-order valence-electron chi connectivity index (χ1n) is 7.18. The average Bonchev–Trinajstić information content (AvgIpc) is 2.57. The highest BCUT2D eigenvalue weighted by atomic mass is 35.5. The number of nitrogen functional groups attached to an aromatic ring is 2. The Bertz CT molecular complexity index is 932. The fraction of sp³-hybridized carbons (Fsp3) is 0. The third kappa shape index (κ3) is 4.04. The third-order valence-corrected chi connectivity index (χ3v) is 4.37. The molecule has 25 heavy (non-hydrogen) atoms. The summed E-state index contributed by atoms with van der Waals surface area (Å²) in [6.45, 7) is 0. The predicted octanol–water partition coefficient (Wildman–Crippen LogP) is 6.40. The highest BCUT2D eigenvalue weighted by Crippen LogP contribution is 2.47. The van der Waals surface area contributed by atoms with Crippen molar-refractivity contribution < 1.29 is 9.47 Å². The molecule has 0 aromatic heterocycles. The van der Waals surface area contributed by atoms with Crippen LogP contribution in [0.4, 0.5) is 11.4 Å². The summed E-state index contributed by atoms with van der Waals surface area (Å²) < 4.78 is 11.5. The van der Waals surface area contributed by atoms with Gasteiger partial charge in [0.05, 0.1) is 5.02 Å². The van der Waals surface area contributed by atoms with Crippen LogP contribution < -0.4 is 20.9 Å². The molecule has 7 heteroatoms. The number of hydrogen-bond acceptors (Lipinski definition) is 4. The third-order valence-electron chi connectivity index (χ3n) is 3.25. The summed E-state index contributed by atoms with van der Waals surface area (Å²) in [7, 11) is 0. The fourth-order valence-electron chi connectivity index (χ4n) is 2.12. The van der Waals surface area contributed by atoms with E-state index in [0.29, 0.717) is 28.6 Å². The zero-order valence-corrected chi connectivity index (χ0v) is 15.1. The van der Waals surface area contributed by atoms with Crippen LogP contribution in [0.25, 0.3) is 0 Å². The largest absolute Gasteiger partial charge is 0.456 e. The van der Waals surface area contributed by atoms with Crippen LogP contribution in [0.1, 0.15) is 0 Å². The molecular formula is C18H13Cl3N2O2. The van der Waals surface area contributed by atoms with Gasteiger partial charge >= 0.3 is 0 Å². The Labute approximate surface area is 159 Å². The topological polar surface area (TPSA) is 70.5 Å². The highest BCUT2D eigenvalue weighted by molar-refractivity contribution is 6.45. The van der Waals surface area contributed by atoms with Gasteiger partial charge in [0.15, 0.2) is 11.5 Å². The summed E-state index contributed by atoms with van der Waals surface area (Å²) in [5.74, 6) is 1.46. The number of ether oxygens (including phenoxy) is 2. The van der Waals surface area contributed by atoms with Gasteiger partial charge in [-0.15, -0.1) is 0 Å². The van der Waals surface area contributed by atoms with E-state index >= 15 is 0 Å². The molecule has 128 valence electrons. The first-order valence-corrected chi connectivity index (χ1v) is 8.31. The van der Waals surface area contributed by atoms with Crippen LogP contribution in [-0.2, 0) is 0 Å². The van der Waals surface area contributed by atoms with Crippen LogP contribution >= 0.6 is 34.8 Å². The molecule has 3 aromatic carbocycles. The Morgan fingerprint density at radius 2 is 1.24 bits per heavy atom. The van der Waals surface area contributed by atoms with E-state index in [1.807, 2.05) is 0 Å². The van der Waals surface area contributed by atoms with Gasteiger partial charge in [-0.3, -0.25) is 0 Å². The standard InChI is InChI=1S/C18H13Cl3N2O2/c19-14-9-15(24-12-5-1-3-10(22)7-12)17(21)18(16(14)20)25-13-6-2-4-11(23)8-13/h1-9H,22-23H2. The summed E-state index contributed by atoms with van der Waals surface area (Å²) in [6, 6.07) is 15.3. The van der Waals surface area contributed by atoms with E-state index in [4.69, 9.17) is 55.7 Å². The minimum absolute atomic E-state index is 0.175. The molecule has 0 fully saturated rings. The zero-order chi connectivity index (χ0) is 18.0. The molecule has 0 saturated heterocycles. The summed E-state index contributed by atoms with van der Waals surface area (Å²) in [5.41, 5.74) is 12.6. The lowest BCUT2D eigenvalue weighted by atomic mass is 10.2. The zero-order valence-electron chi connectivity index (χ0n) is 12.8. The van der Waals surface area contributed by atoms with E-state index in [2.05, 4.69) is 0 Å². The Hall–Kier alpha value is -2.27. The van der Waals surface area contributed by atoms with E-state index in [9.17, 15) is 0 Å². The van der Waals surface area contributed by atoms with Crippen molar-refractivity contribution in [1.82, 2.24) is 0 Å². The lowest BCUT2D eigenvalue weighted by molar-refractivity contribution is 0.461. The number of anilines is 2. The second-order valence-electron chi connectivity index (χ2n) is 5.16. The van der Waals surface area contributed by atoms with Crippen LogP contribution in [0.15, 0.2) is 54.6 Å². The molecular weight excluding hydrogens is 383 g/mol. The number of rotatable bonds is 4. The van der Waals surface area contributed by atoms with Gasteiger partial charge in [-0.1, -0.05) is 46.9 Å². The van der Waals surface area contributed by atoms with Crippen LogP contribution in [-0.4, -0.2) is 0 Å². The fourth-order valence-corrected chi connectivity index (χ4v) is 2.77. The van der Waals surface area contributed by atoms with Crippen LogP contribution in [0, 0.1) is 0 Å². The van der Waals surface area contributed by atoms with Crippen LogP contribution in [0.5, 0.6) is 23.0 Å². The van der Waals surface area contributed by atoms with Crippen molar-refractivity contribution in [3.05, 3.63) is 69.7 Å². The molecule has 4 nitrogen and oxygen atoms in total. The van der Waals surface area contributed by atoms with Crippen molar-refractivity contribution in [2.24, 2.45) is 0 Å². The molecule has 3 rings (SSSR count). The molecule has 0 heterocycles. The van der Waals surface area contributed by atoms with E-state index in [1.165, 1.54) is 6.07 Å². The first-order chi connectivity index (χ1) is 11.9. The average molecular weight is 396 g/mol. The number of hydrogen-bond donors (Lipinski definition) is 2. The van der Waals surface area contributed by atoms with Crippen molar-refractivity contribution in [3.8, 4) is 23.0 Å². The van der Waals surface area contributed by atoms with Crippen LogP contribution in [0.2, 0.25) is 15.1 Å². The monoisotopic (exact) mass is 394 g/mol. The second kappa shape index (κ2) is 7.31. The SMILES string of the molecule is Nc1cccc(Oc2cc(Cl)c(Cl)c(Oc3cccc(N)c3)c2Cl)c1. The highest BCUT2D eigenvalue weighted by Gasteiger charge is 2.19. The normalized spacial score (nSPS) is 10.5. The van der Waals surface area contributed by atoms with Gasteiger partial charge in [0, 0.05) is 29.6 Å². The van der Waals surface area contributed by atoms with E-state index in [1.54, 1.807) is 48.5 Å². The van der Waals surface area contributed by atoms with E-state index in [0.717, 1.165) is 0 Å². The minimum Gasteiger partial charge on any atom is -0.456 e. The molecule has 3 aromatic rings. The van der Waals surface area contributed by atoms with Gasteiger partial charge in [-0.05, 0) is 24.3 Å². The van der Waals surface area contributed by atoms with Crippen molar-refractivity contribution >= 4 is 46.2 Å². The molecule has 0 atom stereocenters. The van der Waals surface area contributed by atoms with Gasteiger partial charge in [0.2, 0.25) is 0 Å². The van der Waals surface area contributed by atoms with E-state index < -0.39 is 0 Å². The van der Waals surface area contributed by atoms with Crippen LogP contribution in [0.3, 0.4) is 0 Å². The molecule has 0 bridgehead atoms. The molecule has 0 aliphatic carbocycles. The summed E-state index contributed by atoms with van der Waals surface area (Å²) in [5, 5.41) is 0.595. The Kier molecular flexibility index (Phi) is 5.13. The predicted molar refractivity (Wildman–Crippen MR) is 103 cm³/mol. The summed E-state index contributed by atoms with van der Waals surface area (Å²) in [6.07, 6.45) is 0. The maximum atomic E-state index is 6.41. The van der Waals surface area contributed by atoms with Gasteiger partial charge in [0.1, 0.15) is 21.5 Å². The van der Waals surface area contributed by atoms with Gasteiger partial charge in [-0.2, -0.15) is 0 Å². The Balaban J connectivity index is 1.99. The van der Waals surface area contributed by atoms with Gasteiger partial charge < -0.3 is 20.9 Å². The molecule has 4 N–H and O–H groups in total. The Morgan fingerprint density at radius 3 is 1.80 bits per heavy atom. The smallest absolute Gasteiger partial charge is 0.169 e. The first kappa shape index (κ1) is 17.5. The second-order valence-corrected chi connectivity index (χ2v) is 6.33. The number of halogens is 3. The summed E-state index contributed by atoms with van der Waals surface area (Å²) >= 11 is 18.8. The van der Waals surface area contributed by atoms with Crippen molar-refractivity contribution in [1.29, 1.82) is 0 Å². The molecule has 0 saturated carbocycles. The summed E-state index contributed by atoms with van der Waals surface area (Å²) in [4.78, 5) is 0. The van der Waals surface area contributed by atoms with Gasteiger partial charge in [-0.25, -0.2) is 0 Å². The lowest BCUT2D eigenvalue weighted by Gasteiger charge is -2.15. The molecule has 0 amide bonds. The molecule has 0 unspecified atom stereocenters. The maximum absolute atomic E-state index is 6.41. The van der Waals surface area contributed by atoms with E-state index in [-0.39, 0.29) is 20.8 Å². The molecule has 0 aliphatic rings. The minimum atomic E-state index is 0.175. The lowest BCUT2D eigenvalue weighted by Crippen LogP contribution is -1.93. The van der Waals surface area contributed by atoms with Crippen molar-refractivity contribution in [3.63, 3.8) is 0 Å². The van der Waals surface area contributed by atoms with Crippen molar-refractivity contribution in [2.75, 3.05) is 11.5 Å². The molecule has 0 radical (unpaired) electrons. The number of nitrogens with two attached hydrogens (primary N) is 2. The maximum Gasteiger partial charge on any atom is 0.169 e. The Morgan fingerprint density at radius 1 is 0.680 bits per heavy atom. The molecule has 0 spiro atoms.